The van der Waals surface area contributed by atoms with Crippen LogP contribution in [0.3, 0.4) is 0 Å². The minimum Gasteiger partial charge on any atom is -0.483 e. The summed E-state index contributed by atoms with van der Waals surface area (Å²) in [5.41, 5.74) is 0. The maximum atomic E-state index is 7.42. The first-order chi connectivity index (χ1) is 5.29. The van der Waals surface area contributed by atoms with Crippen LogP contribution >= 0.6 is 0 Å². The van der Waals surface area contributed by atoms with E-state index < -0.39 is 0 Å². The van der Waals surface area contributed by atoms with E-state index in [1.54, 1.807) is 0 Å². The second-order valence-corrected chi connectivity index (χ2v) is 2.78. The average molecular weight is 157 g/mol. The van der Waals surface area contributed by atoms with E-state index in [0.29, 0.717) is 12.5 Å². The Morgan fingerprint density at radius 3 is 2.64 bits per heavy atom. The molecule has 0 radical (unpaired) electrons. The van der Waals surface area contributed by atoms with Crippen LogP contribution < -0.4 is 0 Å². The van der Waals surface area contributed by atoms with Gasteiger partial charge in [0.05, 0.1) is 7.11 Å². The molecule has 3 heteroatoms. The van der Waals surface area contributed by atoms with Crippen LogP contribution in [0.25, 0.3) is 0 Å². The molecule has 0 aliphatic heterocycles. The highest BCUT2D eigenvalue weighted by atomic mass is 16.5. The van der Waals surface area contributed by atoms with Crippen molar-refractivity contribution >= 4 is 5.90 Å². The fraction of sp³-hybridized carbons (Fsp3) is 0.875. The summed E-state index contributed by atoms with van der Waals surface area (Å²) in [6, 6.07) is 0. The van der Waals surface area contributed by atoms with Gasteiger partial charge in [0.25, 0.3) is 0 Å². The quantitative estimate of drug-likeness (QED) is 0.495. The molecule has 1 atom stereocenters. The van der Waals surface area contributed by atoms with Crippen molar-refractivity contribution in [1.29, 1.82) is 5.41 Å². The van der Waals surface area contributed by atoms with E-state index >= 15 is 0 Å². The third kappa shape index (κ3) is 2.19. The molecule has 1 aliphatic rings. The van der Waals surface area contributed by atoms with Gasteiger partial charge in [0.1, 0.15) is 6.10 Å². The molecule has 1 aliphatic carbocycles. The van der Waals surface area contributed by atoms with Crippen LogP contribution in [0, 0.1) is 11.3 Å². The lowest BCUT2D eigenvalue weighted by Crippen LogP contribution is -2.27. The van der Waals surface area contributed by atoms with Gasteiger partial charge in [-0.15, -0.1) is 0 Å². The summed E-state index contributed by atoms with van der Waals surface area (Å²) in [6.45, 7) is 2.60. The van der Waals surface area contributed by atoms with Gasteiger partial charge in [0.15, 0.2) is 0 Å². The standard InChI is InChI=1S/C8H15NO2/c1-3-11-7(6-4-5-6)8(9)10-2/h6-7,9H,3-5H2,1-2H3. The van der Waals surface area contributed by atoms with E-state index in [4.69, 9.17) is 14.9 Å². The Morgan fingerprint density at radius 2 is 2.27 bits per heavy atom. The highest BCUT2D eigenvalue weighted by Crippen LogP contribution is 2.34. The van der Waals surface area contributed by atoms with Crippen molar-refractivity contribution < 1.29 is 9.47 Å². The fourth-order valence-electron chi connectivity index (χ4n) is 1.12. The molecule has 0 aromatic heterocycles. The van der Waals surface area contributed by atoms with Gasteiger partial charge >= 0.3 is 0 Å². The predicted octanol–water partition coefficient (Wildman–Crippen LogP) is 1.43. The molecular weight excluding hydrogens is 142 g/mol. The third-order valence-corrected chi connectivity index (χ3v) is 1.87. The molecular formula is C8H15NO2. The minimum absolute atomic E-state index is 0.0787. The van der Waals surface area contributed by atoms with Crippen LogP contribution in [0.15, 0.2) is 0 Å². The number of hydrogen-bond acceptors (Lipinski definition) is 3. The summed E-state index contributed by atoms with van der Waals surface area (Å²) in [5, 5.41) is 7.42. The van der Waals surface area contributed by atoms with Crippen molar-refractivity contribution in [2.24, 2.45) is 5.92 Å². The van der Waals surface area contributed by atoms with Gasteiger partial charge in [0, 0.05) is 6.61 Å². The molecule has 0 heterocycles. The summed E-state index contributed by atoms with van der Waals surface area (Å²) in [5.74, 6) is 0.816. The van der Waals surface area contributed by atoms with Crippen LogP contribution in [0.1, 0.15) is 19.8 Å². The Hall–Kier alpha value is -0.570. The molecule has 1 fully saturated rings. The lowest BCUT2D eigenvalue weighted by atomic mass is 10.2. The second-order valence-electron chi connectivity index (χ2n) is 2.78. The van der Waals surface area contributed by atoms with Crippen molar-refractivity contribution in [2.45, 2.75) is 25.9 Å². The van der Waals surface area contributed by atoms with Gasteiger partial charge < -0.3 is 9.47 Å². The Kier molecular flexibility index (Phi) is 2.88. The smallest absolute Gasteiger partial charge is 0.210 e. The monoisotopic (exact) mass is 157 g/mol. The zero-order valence-electron chi connectivity index (χ0n) is 7.09. The number of rotatable bonds is 4. The highest BCUT2D eigenvalue weighted by molar-refractivity contribution is 5.78. The predicted molar refractivity (Wildman–Crippen MR) is 42.9 cm³/mol. The largest absolute Gasteiger partial charge is 0.483 e. The van der Waals surface area contributed by atoms with E-state index in [0.717, 1.165) is 0 Å². The van der Waals surface area contributed by atoms with Gasteiger partial charge in [-0.25, -0.2) is 0 Å². The normalized spacial score (nSPS) is 19.5. The molecule has 0 aromatic carbocycles. The molecule has 1 N–H and O–H groups in total. The topological polar surface area (TPSA) is 42.3 Å². The molecule has 1 rings (SSSR count). The molecule has 3 nitrogen and oxygen atoms in total. The zero-order chi connectivity index (χ0) is 8.27. The van der Waals surface area contributed by atoms with E-state index in [2.05, 4.69) is 0 Å². The van der Waals surface area contributed by atoms with Crippen molar-refractivity contribution in [1.82, 2.24) is 0 Å². The summed E-state index contributed by atoms with van der Waals surface area (Å²) in [7, 11) is 1.52. The first kappa shape index (κ1) is 8.53. The van der Waals surface area contributed by atoms with Crippen LogP contribution in [0.5, 0.6) is 0 Å². The molecule has 0 amide bonds. The van der Waals surface area contributed by atoms with E-state index in [9.17, 15) is 0 Å². The molecule has 1 unspecified atom stereocenters. The van der Waals surface area contributed by atoms with E-state index in [-0.39, 0.29) is 12.0 Å². The third-order valence-electron chi connectivity index (χ3n) is 1.87. The van der Waals surface area contributed by atoms with Gasteiger partial charge in [-0.3, -0.25) is 5.41 Å². The van der Waals surface area contributed by atoms with Crippen LogP contribution in [-0.4, -0.2) is 25.7 Å². The number of methoxy groups -OCH3 is 1. The maximum absolute atomic E-state index is 7.42. The summed E-state index contributed by atoms with van der Waals surface area (Å²) >= 11 is 0. The van der Waals surface area contributed by atoms with Gasteiger partial charge in [-0.1, -0.05) is 0 Å². The number of hydrogen-bond donors (Lipinski definition) is 1. The van der Waals surface area contributed by atoms with Crippen molar-refractivity contribution in [3.8, 4) is 0 Å². The Labute approximate surface area is 67.2 Å². The molecule has 11 heavy (non-hydrogen) atoms. The van der Waals surface area contributed by atoms with Crippen LogP contribution in [-0.2, 0) is 9.47 Å². The van der Waals surface area contributed by atoms with Gasteiger partial charge in [0.2, 0.25) is 5.90 Å². The molecule has 0 bridgehead atoms. The Balaban J connectivity index is 2.37. The van der Waals surface area contributed by atoms with Crippen molar-refractivity contribution in [3.63, 3.8) is 0 Å². The first-order valence-corrected chi connectivity index (χ1v) is 4.03. The molecule has 0 spiro atoms. The second kappa shape index (κ2) is 3.72. The van der Waals surface area contributed by atoms with Gasteiger partial charge in [-0.2, -0.15) is 0 Å². The highest BCUT2D eigenvalue weighted by Gasteiger charge is 2.35. The molecule has 0 saturated heterocycles. The maximum Gasteiger partial charge on any atom is 0.210 e. The van der Waals surface area contributed by atoms with E-state index in [1.807, 2.05) is 6.92 Å². The van der Waals surface area contributed by atoms with Crippen LogP contribution in [0.2, 0.25) is 0 Å². The van der Waals surface area contributed by atoms with Crippen LogP contribution in [0.4, 0.5) is 0 Å². The Bertz CT molecular complexity index is 143. The molecule has 64 valence electrons. The lowest BCUT2D eigenvalue weighted by Gasteiger charge is -2.15. The SMILES string of the molecule is CCOC(C(=N)OC)C1CC1. The van der Waals surface area contributed by atoms with Gasteiger partial charge in [-0.05, 0) is 25.7 Å². The summed E-state index contributed by atoms with van der Waals surface area (Å²) in [6.07, 6.45) is 2.28. The number of nitrogens with one attached hydrogen (secondary N) is 1. The Morgan fingerprint density at radius 1 is 1.64 bits per heavy atom. The average Bonchev–Trinajstić information content (AvgIpc) is 2.81. The first-order valence-electron chi connectivity index (χ1n) is 4.03. The summed E-state index contributed by atoms with van der Waals surface area (Å²) < 4.78 is 10.2. The van der Waals surface area contributed by atoms with E-state index in [1.165, 1.54) is 20.0 Å². The van der Waals surface area contributed by atoms with Crippen molar-refractivity contribution in [3.05, 3.63) is 0 Å². The zero-order valence-corrected chi connectivity index (χ0v) is 7.09. The lowest BCUT2D eigenvalue weighted by molar-refractivity contribution is 0.0771. The molecule has 0 aromatic rings. The minimum atomic E-state index is -0.0787. The number of ether oxygens (including phenoxy) is 2. The fourth-order valence-corrected chi connectivity index (χ4v) is 1.12. The van der Waals surface area contributed by atoms with Crippen molar-refractivity contribution in [2.75, 3.05) is 13.7 Å². The molecule has 1 saturated carbocycles. The summed E-state index contributed by atoms with van der Waals surface area (Å²) in [4.78, 5) is 0.